The van der Waals surface area contributed by atoms with Gasteiger partial charge >= 0.3 is 11.9 Å². The smallest absolute Gasteiger partial charge is 0.311 e. The van der Waals surface area contributed by atoms with Gasteiger partial charge in [-0.15, -0.1) is 23.5 Å². The van der Waals surface area contributed by atoms with Crippen molar-refractivity contribution in [1.82, 2.24) is 0 Å². The van der Waals surface area contributed by atoms with Gasteiger partial charge in [0.05, 0.1) is 15.9 Å². The van der Waals surface area contributed by atoms with E-state index in [1.165, 1.54) is 23.5 Å². The van der Waals surface area contributed by atoms with Crippen LogP contribution in [0.2, 0.25) is 0 Å². The number of hydrogen-bond acceptors (Lipinski definition) is 4. The van der Waals surface area contributed by atoms with Crippen molar-refractivity contribution < 1.29 is 19.8 Å². The molecule has 0 bridgehead atoms. The number of aliphatic carboxylic acids is 2. The van der Waals surface area contributed by atoms with Crippen molar-refractivity contribution in [1.29, 1.82) is 0 Å². The molecule has 0 radical (unpaired) electrons. The molecule has 98 valence electrons. The second-order valence-electron chi connectivity index (χ2n) is 4.11. The van der Waals surface area contributed by atoms with Crippen LogP contribution in [-0.2, 0) is 9.59 Å². The maximum absolute atomic E-state index is 11.6. The molecule has 0 amide bonds. The van der Waals surface area contributed by atoms with Crippen LogP contribution in [0.25, 0.3) is 0 Å². The molecule has 6 heteroatoms. The average Bonchev–Trinajstić information content (AvgIpc) is 2.68. The maximum atomic E-state index is 11.6. The molecule has 2 N–H and O–H groups in total. The first-order chi connectivity index (χ1) is 7.94. The SMILES string of the molecule is CCC(CC)(C(=O)O)C1(CC(=O)O)SCCS1. The largest absolute Gasteiger partial charge is 0.481 e. The quantitative estimate of drug-likeness (QED) is 0.777. The van der Waals surface area contributed by atoms with Crippen LogP contribution in [0.4, 0.5) is 0 Å². The molecular formula is C11H18O4S2. The van der Waals surface area contributed by atoms with Crippen molar-refractivity contribution >= 4 is 35.5 Å². The van der Waals surface area contributed by atoms with E-state index in [2.05, 4.69) is 0 Å². The summed E-state index contributed by atoms with van der Waals surface area (Å²) in [5, 5.41) is 18.6. The number of hydrogen-bond donors (Lipinski definition) is 2. The highest BCUT2D eigenvalue weighted by Gasteiger charge is 2.58. The second kappa shape index (κ2) is 5.52. The number of carboxylic acid groups (broad SMARTS) is 2. The molecule has 0 unspecified atom stereocenters. The summed E-state index contributed by atoms with van der Waals surface area (Å²) >= 11 is 3.01. The van der Waals surface area contributed by atoms with E-state index in [1.807, 2.05) is 13.8 Å². The normalized spacial score (nSPS) is 19.2. The highest BCUT2D eigenvalue weighted by molar-refractivity contribution is 8.21. The lowest BCUT2D eigenvalue weighted by atomic mass is 9.77. The van der Waals surface area contributed by atoms with Crippen molar-refractivity contribution in [2.24, 2.45) is 5.41 Å². The zero-order valence-corrected chi connectivity index (χ0v) is 11.7. The van der Waals surface area contributed by atoms with Crippen LogP contribution in [0.5, 0.6) is 0 Å². The summed E-state index contributed by atoms with van der Waals surface area (Å²) in [4.78, 5) is 22.7. The molecule has 1 aliphatic rings. The summed E-state index contributed by atoms with van der Waals surface area (Å²) in [6, 6.07) is 0. The van der Waals surface area contributed by atoms with Gasteiger partial charge in [0.15, 0.2) is 0 Å². The Morgan fingerprint density at radius 2 is 1.65 bits per heavy atom. The minimum atomic E-state index is -0.947. The minimum Gasteiger partial charge on any atom is -0.481 e. The van der Waals surface area contributed by atoms with Crippen molar-refractivity contribution in [2.45, 2.75) is 37.2 Å². The standard InChI is InChI=1S/C11H18O4S2/c1-3-10(4-2,9(14)15)11(7-8(12)13)16-5-6-17-11/h3-7H2,1-2H3,(H,12,13)(H,14,15). The summed E-state index contributed by atoms with van der Waals surface area (Å²) in [5.74, 6) is -0.134. The highest BCUT2D eigenvalue weighted by atomic mass is 32.2. The van der Waals surface area contributed by atoms with Crippen LogP contribution in [0.15, 0.2) is 0 Å². The van der Waals surface area contributed by atoms with Gasteiger partial charge in [-0.3, -0.25) is 9.59 Å². The Labute approximate surface area is 110 Å². The third-order valence-corrected chi connectivity index (χ3v) is 7.27. The molecule has 1 aliphatic heterocycles. The fraction of sp³-hybridized carbons (Fsp3) is 0.818. The molecule has 1 saturated heterocycles. The molecule has 17 heavy (non-hydrogen) atoms. The van der Waals surface area contributed by atoms with Gasteiger partial charge < -0.3 is 10.2 Å². The number of carbonyl (C=O) groups is 2. The van der Waals surface area contributed by atoms with Crippen LogP contribution in [0.1, 0.15) is 33.1 Å². The van der Waals surface area contributed by atoms with E-state index in [9.17, 15) is 14.7 Å². The van der Waals surface area contributed by atoms with E-state index in [1.54, 1.807) is 0 Å². The van der Waals surface area contributed by atoms with Gasteiger partial charge in [-0.25, -0.2) is 0 Å². The van der Waals surface area contributed by atoms with E-state index in [-0.39, 0.29) is 6.42 Å². The number of rotatable bonds is 6. The summed E-state index contributed by atoms with van der Waals surface area (Å²) in [5.41, 5.74) is -0.947. The first kappa shape index (κ1) is 14.7. The Hall–Kier alpha value is -0.360. The van der Waals surface area contributed by atoms with Crippen LogP contribution in [-0.4, -0.2) is 37.7 Å². The van der Waals surface area contributed by atoms with E-state index in [0.29, 0.717) is 12.8 Å². The minimum absolute atomic E-state index is 0.0870. The van der Waals surface area contributed by atoms with Gasteiger partial charge in [0.1, 0.15) is 0 Å². The molecule has 0 aromatic rings. The lowest BCUT2D eigenvalue weighted by Crippen LogP contribution is -2.48. The van der Waals surface area contributed by atoms with Gasteiger partial charge in [0, 0.05) is 11.5 Å². The molecule has 0 spiro atoms. The lowest BCUT2D eigenvalue weighted by molar-refractivity contribution is -0.151. The van der Waals surface area contributed by atoms with Crippen molar-refractivity contribution in [3.8, 4) is 0 Å². The summed E-state index contributed by atoms with van der Waals surface area (Å²) in [7, 11) is 0. The van der Waals surface area contributed by atoms with Gasteiger partial charge in [0.2, 0.25) is 0 Å². The van der Waals surface area contributed by atoms with Gasteiger partial charge in [-0.05, 0) is 12.8 Å². The Kier molecular flexibility index (Phi) is 4.77. The highest BCUT2D eigenvalue weighted by Crippen LogP contribution is 2.60. The summed E-state index contributed by atoms with van der Waals surface area (Å²) in [6.07, 6.45) is 0.842. The molecular weight excluding hydrogens is 260 g/mol. The third kappa shape index (κ3) is 2.42. The average molecular weight is 278 g/mol. The maximum Gasteiger partial charge on any atom is 0.311 e. The van der Waals surface area contributed by atoms with Crippen LogP contribution >= 0.6 is 23.5 Å². The number of carboxylic acids is 2. The van der Waals surface area contributed by atoms with Crippen LogP contribution in [0.3, 0.4) is 0 Å². The fourth-order valence-corrected chi connectivity index (χ4v) is 6.37. The Bertz CT molecular complexity index is 307. The zero-order chi connectivity index (χ0) is 13.1. The number of thioether (sulfide) groups is 2. The zero-order valence-electron chi connectivity index (χ0n) is 10.1. The van der Waals surface area contributed by atoms with Gasteiger partial charge in [-0.2, -0.15) is 0 Å². The molecule has 0 atom stereocenters. The molecule has 0 aliphatic carbocycles. The Balaban J connectivity index is 3.18. The molecule has 1 heterocycles. The Morgan fingerprint density at radius 1 is 1.18 bits per heavy atom. The Morgan fingerprint density at radius 3 is 1.94 bits per heavy atom. The van der Waals surface area contributed by atoms with Crippen molar-refractivity contribution in [3.05, 3.63) is 0 Å². The molecule has 1 fully saturated rings. The molecule has 0 saturated carbocycles. The first-order valence-electron chi connectivity index (χ1n) is 5.67. The second-order valence-corrected chi connectivity index (χ2v) is 7.16. The van der Waals surface area contributed by atoms with Crippen molar-refractivity contribution in [3.63, 3.8) is 0 Å². The fourth-order valence-electron chi connectivity index (χ4n) is 2.46. The topological polar surface area (TPSA) is 74.6 Å². The van der Waals surface area contributed by atoms with E-state index in [0.717, 1.165) is 11.5 Å². The summed E-state index contributed by atoms with van der Waals surface area (Å²) in [6.45, 7) is 3.67. The molecule has 1 rings (SSSR count). The molecule has 0 aromatic heterocycles. The predicted molar refractivity (Wildman–Crippen MR) is 70.6 cm³/mol. The van der Waals surface area contributed by atoms with Gasteiger partial charge in [0.25, 0.3) is 0 Å². The van der Waals surface area contributed by atoms with E-state index < -0.39 is 21.4 Å². The summed E-state index contributed by atoms with van der Waals surface area (Å²) < 4.78 is -0.714. The van der Waals surface area contributed by atoms with Gasteiger partial charge in [-0.1, -0.05) is 13.8 Å². The van der Waals surface area contributed by atoms with E-state index >= 15 is 0 Å². The van der Waals surface area contributed by atoms with Crippen LogP contribution < -0.4 is 0 Å². The van der Waals surface area contributed by atoms with E-state index in [4.69, 9.17) is 5.11 Å². The monoisotopic (exact) mass is 278 g/mol. The molecule has 0 aromatic carbocycles. The van der Waals surface area contributed by atoms with Crippen LogP contribution in [0, 0.1) is 5.41 Å². The molecule has 4 nitrogen and oxygen atoms in total. The third-order valence-electron chi connectivity index (χ3n) is 3.48. The van der Waals surface area contributed by atoms with Crippen molar-refractivity contribution in [2.75, 3.05) is 11.5 Å². The predicted octanol–water partition coefficient (Wildman–Crippen LogP) is 2.53. The first-order valence-corrected chi connectivity index (χ1v) is 7.64. The lowest BCUT2D eigenvalue weighted by Gasteiger charge is -2.42.